The third-order valence-electron chi connectivity index (χ3n) is 3.13. The molecule has 0 aliphatic heterocycles. The Morgan fingerprint density at radius 2 is 1.96 bits per heavy atom. The van der Waals surface area contributed by atoms with E-state index in [0.717, 1.165) is 0 Å². The quantitative estimate of drug-likeness (QED) is 0.675. The summed E-state index contributed by atoms with van der Waals surface area (Å²) in [5, 5.41) is 2.62. The van der Waals surface area contributed by atoms with Gasteiger partial charge in [0.1, 0.15) is 0 Å². The first-order chi connectivity index (χ1) is 11.5. The number of benzene rings is 1. The van der Waals surface area contributed by atoms with E-state index in [1.54, 1.807) is 12.1 Å². The van der Waals surface area contributed by atoms with Crippen LogP contribution in [-0.4, -0.2) is 34.1 Å². The molecule has 130 valence electrons. The molecule has 0 saturated heterocycles. The molecule has 0 unspecified atom stereocenters. The molecule has 24 heavy (non-hydrogen) atoms. The molecule has 1 heterocycles. The second kappa shape index (κ2) is 8.62. The Hall–Kier alpha value is -2.16. The molecule has 0 radical (unpaired) electrons. The number of carbonyl (C=O) groups excluding carboxylic acids is 1. The summed E-state index contributed by atoms with van der Waals surface area (Å²) in [6.07, 6.45) is 2.01. The fourth-order valence-electron chi connectivity index (χ4n) is 1.93. The highest BCUT2D eigenvalue weighted by Crippen LogP contribution is 2.15. The zero-order chi connectivity index (χ0) is 17.4. The van der Waals surface area contributed by atoms with Gasteiger partial charge in [-0.15, -0.1) is 0 Å². The lowest BCUT2D eigenvalue weighted by molar-refractivity contribution is 0.0996. The number of anilines is 1. The second-order valence-electron chi connectivity index (χ2n) is 4.90. The fourth-order valence-corrected chi connectivity index (χ4v) is 3.00. The number of ether oxygens (including phenoxy) is 1. The van der Waals surface area contributed by atoms with Crippen LogP contribution >= 0.6 is 0 Å². The van der Waals surface area contributed by atoms with Crippen LogP contribution in [0.4, 0.5) is 5.69 Å². The van der Waals surface area contributed by atoms with E-state index in [1.165, 1.54) is 30.5 Å². The number of hydrogen-bond donors (Lipinski definition) is 2. The maximum atomic E-state index is 12.1. The van der Waals surface area contributed by atoms with Gasteiger partial charge >= 0.3 is 0 Å². The van der Waals surface area contributed by atoms with Gasteiger partial charge in [-0.2, -0.15) is 0 Å². The topological polar surface area (TPSA) is 97.6 Å². The van der Waals surface area contributed by atoms with Gasteiger partial charge in [0, 0.05) is 25.4 Å². The average molecular weight is 352 g/mol. The number of nitrogens with one attached hydrogen (secondary N) is 2. The van der Waals surface area contributed by atoms with Gasteiger partial charge in [0.25, 0.3) is 5.91 Å². The van der Waals surface area contributed by atoms with E-state index in [9.17, 15) is 13.2 Å². The van der Waals surface area contributed by atoms with Gasteiger partial charge < -0.3 is 14.5 Å². The number of sulfonamides is 1. The zero-order valence-corrected chi connectivity index (χ0v) is 14.1. The molecule has 0 saturated carbocycles. The predicted molar refractivity (Wildman–Crippen MR) is 89.4 cm³/mol. The smallest absolute Gasteiger partial charge is 0.291 e. The summed E-state index contributed by atoms with van der Waals surface area (Å²) in [5.41, 5.74) is 0.478. The summed E-state index contributed by atoms with van der Waals surface area (Å²) in [5.74, 6) is -0.215. The molecule has 0 aliphatic rings. The maximum absolute atomic E-state index is 12.1. The largest absolute Gasteiger partial charge is 0.459 e. The van der Waals surface area contributed by atoms with Crippen molar-refractivity contribution in [3.05, 3.63) is 48.4 Å². The second-order valence-corrected chi connectivity index (χ2v) is 6.67. The lowest BCUT2D eigenvalue weighted by atomic mass is 10.3. The summed E-state index contributed by atoms with van der Waals surface area (Å²) < 4.78 is 36.9. The molecular weight excluding hydrogens is 332 g/mol. The third-order valence-corrected chi connectivity index (χ3v) is 4.61. The van der Waals surface area contributed by atoms with E-state index in [4.69, 9.17) is 9.15 Å². The van der Waals surface area contributed by atoms with Crippen molar-refractivity contribution in [2.45, 2.75) is 18.2 Å². The molecule has 2 N–H and O–H groups in total. The van der Waals surface area contributed by atoms with E-state index in [0.29, 0.717) is 31.9 Å². The van der Waals surface area contributed by atoms with Crippen molar-refractivity contribution in [1.29, 1.82) is 0 Å². The Balaban J connectivity index is 1.91. The van der Waals surface area contributed by atoms with Gasteiger partial charge in [-0.05, 0) is 49.7 Å². The number of hydrogen-bond acceptors (Lipinski definition) is 5. The van der Waals surface area contributed by atoms with Crippen molar-refractivity contribution in [3.63, 3.8) is 0 Å². The van der Waals surface area contributed by atoms with Crippen LogP contribution in [0.15, 0.2) is 52.0 Å². The highest BCUT2D eigenvalue weighted by molar-refractivity contribution is 7.89. The lowest BCUT2D eigenvalue weighted by Crippen LogP contribution is -2.25. The highest BCUT2D eigenvalue weighted by atomic mass is 32.2. The van der Waals surface area contributed by atoms with Crippen LogP contribution in [0.25, 0.3) is 0 Å². The zero-order valence-electron chi connectivity index (χ0n) is 13.3. The van der Waals surface area contributed by atoms with Crippen LogP contribution in [0.3, 0.4) is 0 Å². The third kappa shape index (κ3) is 5.19. The molecule has 8 heteroatoms. The van der Waals surface area contributed by atoms with Gasteiger partial charge in [0.2, 0.25) is 10.0 Å². The summed E-state index contributed by atoms with van der Waals surface area (Å²) >= 11 is 0. The SMILES string of the molecule is CCOCCCNS(=O)(=O)c1ccc(NC(=O)c2ccco2)cc1. The van der Waals surface area contributed by atoms with Crippen molar-refractivity contribution in [2.24, 2.45) is 0 Å². The van der Waals surface area contributed by atoms with Crippen molar-refractivity contribution in [2.75, 3.05) is 25.1 Å². The van der Waals surface area contributed by atoms with Gasteiger partial charge in [-0.1, -0.05) is 0 Å². The molecule has 1 aromatic carbocycles. The van der Waals surface area contributed by atoms with Crippen molar-refractivity contribution in [1.82, 2.24) is 4.72 Å². The van der Waals surface area contributed by atoms with Gasteiger partial charge in [-0.3, -0.25) is 4.79 Å². The van der Waals surface area contributed by atoms with Crippen molar-refractivity contribution >= 4 is 21.6 Å². The molecule has 2 rings (SSSR count). The molecule has 0 fully saturated rings. The Morgan fingerprint density at radius 1 is 1.21 bits per heavy atom. The molecule has 2 aromatic rings. The van der Waals surface area contributed by atoms with E-state index < -0.39 is 15.9 Å². The minimum atomic E-state index is -3.57. The number of carbonyl (C=O) groups is 1. The average Bonchev–Trinajstić information content (AvgIpc) is 3.10. The van der Waals surface area contributed by atoms with E-state index in [2.05, 4.69) is 10.0 Å². The summed E-state index contributed by atoms with van der Waals surface area (Å²) in [6.45, 7) is 3.31. The Labute approximate surface area is 141 Å². The van der Waals surface area contributed by atoms with Gasteiger partial charge in [0.15, 0.2) is 5.76 Å². The molecule has 7 nitrogen and oxygen atoms in total. The maximum Gasteiger partial charge on any atom is 0.291 e. The molecule has 0 spiro atoms. The van der Waals surface area contributed by atoms with E-state index in [-0.39, 0.29) is 10.7 Å². The molecule has 1 amide bonds. The Bertz CT molecular complexity index is 739. The fraction of sp³-hybridized carbons (Fsp3) is 0.312. The monoisotopic (exact) mass is 352 g/mol. The summed E-state index contributed by atoms with van der Waals surface area (Å²) in [7, 11) is -3.57. The Morgan fingerprint density at radius 3 is 2.58 bits per heavy atom. The Kier molecular flexibility index (Phi) is 6.53. The van der Waals surface area contributed by atoms with E-state index >= 15 is 0 Å². The standard InChI is InChI=1S/C16H20N2O5S/c1-2-22-11-4-10-17-24(20,21)14-8-6-13(7-9-14)18-16(19)15-5-3-12-23-15/h3,5-9,12,17H,2,4,10-11H2,1H3,(H,18,19). The number of furan rings is 1. The lowest BCUT2D eigenvalue weighted by Gasteiger charge is -2.08. The van der Waals surface area contributed by atoms with Crippen LogP contribution in [0, 0.1) is 0 Å². The first-order valence-corrected chi connectivity index (χ1v) is 9.03. The van der Waals surface area contributed by atoms with Crippen LogP contribution < -0.4 is 10.0 Å². The first kappa shape index (κ1) is 18.2. The van der Waals surface area contributed by atoms with Crippen LogP contribution in [0.5, 0.6) is 0 Å². The van der Waals surface area contributed by atoms with Crippen molar-refractivity contribution < 1.29 is 22.4 Å². The predicted octanol–water partition coefficient (Wildman–Crippen LogP) is 2.24. The molecule has 0 atom stereocenters. The number of amides is 1. The van der Waals surface area contributed by atoms with Crippen LogP contribution in [-0.2, 0) is 14.8 Å². The van der Waals surface area contributed by atoms with Crippen LogP contribution in [0.2, 0.25) is 0 Å². The minimum absolute atomic E-state index is 0.134. The molecular formula is C16H20N2O5S. The van der Waals surface area contributed by atoms with Crippen LogP contribution in [0.1, 0.15) is 23.9 Å². The van der Waals surface area contributed by atoms with E-state index in [1.807, 2.05) is 6.92 Å². The highest BCUT2D eigenvalue weighted by Gasteiger charge is 2.14. The summed E-state index contributed by atoms with van der Waals surface area (Å²) in [4.78, 5) is 12.0. The molecule has 0 bridgehead atoms. The van der Waals surface area contributed by atoms with Gasteiger partial charge in [-0.25, -0.2) is 13.1 Å². The van der Waals surface area contributed by atoms with Gasteiger partial charge in [0.05, 0.1) is 11.2 Å². The molecule has 0 aliphatic carbocycles. The first-order valence-electron chi connectivity index (χ1n) is 7.55. The summed E-state index contributed by atoms with van der Waals surface area (Å²) in [6, 6.07) is 9.07. The minimum Gasteiger partial charge on any atom is -0.459 e. The molecule has 1 aromatic heterocycles. The number of rotatable bonds is 9. The van der Waals surface area contributed by atoms with Crippen molar-refractivity contribution in [3.8, 4) is 0 Å². The normalized spacial score (nSPS) is 11.4.